The fourth-order valence-electron chi connectivity index (χ4n) is 12.4. The summed E-state index contributed by atoms with van der Waals surface area (Å²) in [4.78, 5) is 12.6. The second kappa shape index (κ2) is 5.07. The molecule has 0 bridgehead atoms. The highest BCUT2D eigenvalue weighted by molar-refractivity contribution is 5.81. The molecule has 10 atom stereocenters. The molecule has 0 saturated heterocycles. The van der Waals surface area contributed by atoms with Crippen molar-refractivity contribution in [2.45, 2.75) is 98.8 Å². The van der Waals surface area contributed by atoms with Crippen molar-refractivity contribution in [3.8, 4) is 0 Å². The molecule has 0 aliphatic heterocycles. The molecule has 0 radical (unpaired) electrons. The summed E-state index contributed by atoms with van der Waals surface area (Å²) >= 11 is 0. The maximum absolute atomic E-state index is 12.6. The number of hydrogen-bond acceptors (Lipinski definition) is 1. The molecule has 0 N–H and O–H groups in total. The minimum atomic E-state index is 0.322. The van der Waals surface area contributed by atoms with Crippen LogP contribution in [0.25, 0.3) is 0 Å². The normalized spacial score (nSPS) is 63.2. The van der Waals surface area contributed by atoms with E-state index < -0.39 is 0 Å². The van der Waals surface area contributed by atoms with Crippen LogP contribution in [0.1, 0.15) is 98.8 Å². The number of hydrogen-bond donors (Lipinski definition) is 0. The molecule has 1 nitrogen and oxygen atoms in total. The summed E-state index contributed by atoms with van der Waals surface area (Å²) < 4.78 is 0. The van der Waals surface area contributed by atoms with Gasteiger partial charge in [0.15, 0.2) is 0 Å². The van der Waals surface area contributed by atoms with Crippen LogP contribution in [0.15, 0.2) is 12.7 Å². The van der Waals surface area contributed by atoms with Gasteiger partial charge in [-0.2, -0.15) is 0 Å². The lowest BCUT2D eigenvalue weighted by molar-refractivity contribution is -0.133. The fraction of sp³-hybridized carbons (Fsp3) is 0.893. The molecular weight excluding hydrogens is 352 g/mol. The maximum atomic E-state index is 12.6. The summed E-state index contributed by atoms with van der Waals surface area (Å²) in [5.41, 5.74) is 3.29. The Kier molecular flexibility index (Phi) is 3.34. The number of allylic oxidation sites excluding steroid dienone is 1. The summed E-state index contributed by atoms with van der Waals surface area (Å²) in [5.74, 6) is 3.63. The number of rotatable bonds is 5. The lowest BCUT2D eigenvalue weighted by Crippen LogP contribution is -2.53. The standard InChI is InChI=1S/C28H42O/c1-7-10-19-15-21-25(9-3,16-23(19,5)8-2)17-28-22-26(21,28)14-13-24(6)20(18(4)29)11-12-27(22,24)28/h7,19-22H,1,8-17H2,2-6H3/t19?,20-,21+,22-,23?,24?,25+,26?,27?,28?/m1/s1. The molecule has 6 aliphatic carbocycles. The van der Waals surface area contributed by atoms with Crippen LogP contribution in [-0.4, -0.2) is 5.78 Å². The predicted octanol–water partition coefficient (Wildman–Crippen LogP) is 7.21. The molecule has 0 heterocycles. The molecule has 3 spiro atoms. The first-order valence-electron chi connectivity index (χ1n) is 12.8. The first-order valence-corrected chi connectivity index (χ1v) is 12.8. The number of fused-ring (bicyclic) bond motifs is 1. The third-order valence-electron chi connectivity index (χ3n) is 13.3. The Hall–Kier alpha value is -0.590. The minimum Gasteiger partial charge on any atom is -0.300 e. The Morgan fingerprint density at radius 3 is 2.45 bits per heavy atom. The van der Waals surface area contributed by atoms with Gasteiger partial charge in [-0.25, -0.2) is 0 Å². The average Bonchev–Trinajstić information content (AvgIpc) is 3.39. The zero-order valence-electron chi connectivity index (χ0n) is 19.6. The van der Waals surface area contributed by atoms with E-state index in [1.165, 1.54) is 64.2 Å². The van der Waals surface area contributed by atoms with Crippen molar-refractivity contribution in [2.24, 2.45) is 56.2 Å². The van der Waals surface area contributed by atoms with Crippen LogP contribution in [0.2, 0.25) is 0 Å². The van der Waals surface area contributed by atoms with Crippen LogP contribution in [0.3, 0.4) is 0 Å². The van der Waals surface area contributed by atoms with Crippen LogP contribution in [-0.2, 0) is 4.79 Å². The second-order valence-corrected chi connectivity index (χ2v) is 13.1. The smallest absolute Gasteiger partial charge is 0.133 e. The van der Waals surface area contributed by atoms with Crippen molar-refractivity contribution in [3.05, 3.63) is 12.7 Å². The van der Waals surface area contributed by atoms with Gasteiger partial charge in [-0.05, 0) is 109 Å². The van der Waals surface area contributed by atoms with Crippen LogP contribution in [0, 0.1) is 56.2 Å². The molecule has 6 aliphatic rings. The molecule has 6 saturated carbocycles. The first-order chi connectivity index (χ1) is 13.7. The molecule has 6 rings (SSSR count). The molecule has 29 heavy (non-hydrogen) atoms. The number of ketones is 1. The highest BCUT2D eigenvalue weighted by Crippen LogP contribution is 3.14. The van der Waals surface area contributed by atoms with Crippen molar-refractivity contribution >= 4 is 5.78 Å². The number of carbonyl (C=O) groups excluding carboxylic acids is 1. The lowest BCUT2D eigenvalue weighted by atomic mass is 9.45. The molecule has 0 aromatic carbocycles. The van der Waals surface area contributed by atoms with Gasteiger partial charge >= 0.3 is 0 Å². The van der Waals surface area contributed by atoms with Crippen molar-refractivity contribution < 1.29 is 4.79 Å². The molecule has 160 valence electrons. The van der Waals surface area contributed by atoms with Crippen molar-refractivity contribution in [2.75, 3.05) is 0 Å². The van der Waals surface area contributed by atoms with E-state index >= 15 is 0 Å². The molecule has 0 aromatic heterocycles. The topological polar surface area (TPSA) is 17.1 Å². The van der Waals surface area contributed by atoms with Gasteiger partial charge in [0.05, 0.1) is 0 Å². The molecular formula is C28H42O. The largest absolute Gasteiger partial charge is 0.300 e. The minimum absolute atomic E-state index is 0.322. The van der Waals surface area contributed by atoms with E-state index in [1.807, 2.05) is 6.92 Å². The molecule has 6 unspecified atom stereocenters. The predicted molar refractivity (Wildman–Crippen MR) is 118 cm³/mol. The maximum Gasteiger partial charge on any atom is 0.133 e. The number of Topliss-reactive ketones (excluding diaryl/α,β-unsaturated/α-hetero) is 1. The van der Waals surface area contributed by atoms with E-state index in [9.17, 15) is 4.79 Å². The highest BCUT2D eigenvalue weighted by atomic mass is 16.1. The van der Waals surface area contributed by atoms with Crippen LogP contribution in [0.5, 0.6) is 0 Å². The summed E-state index contributed by atoms with van der Waals surface area (Å²) in [6, 6.07) is 0. The third-order valence-corrected chi connectivity index (χ3v) is 13.3. The average molecular weight is 395 g/mol. The Balaban J connectivity index is 1.42. The van der Waals surface area contributed by atoms with Gasteiger partial charge in [0.2, 0.25) is 0 Å². The van der Waals surface area contributed by atoms with Gasteiger partial charge in [-0.3, -0.25) is 4.79 Å². The van der Waals surface area contributed by atoms with Crippen LogP contribution >= 0.6 is 0 Å². The van der Waals surface area contributed by atoms with Gasteiger partial charge in [0.1, 0.15) is 5.78 Å². The van der Waals surface area contributed by atoms with E-state index in [0.29, 0.717) is 44.2 Å². The van der Waals surface area contributed by atoms with Gasteiger partial charge < -0.3 is 0 Å². The third kappa shape index (κ3) is 1.56. The van der Waals surface area contributed by atoms with E-state index in [1.54, 1.807) is 0 Å². The van der Waals surface area contributed by atoms with Crippen molar-refractivity contribution in [3.63, 3.8) is 0 Å². The number of carbonyl (C=O) groups is 1. The molecule has 6 fully saturated rings. The summed E-state index contributed by atoms with van der Waals surface area (Å²) in [7, 11) is 0. The zero-order chi connectivity index (χ0) is 20.7. The van der Waals surface area contributed by atoms with E-state index in [4.69, 9.17) is 0 Å². The Labute approximate surface area is 178 Å². The van der Waals surface area contributed by atoms with Crippen molar-refractivity contribution in [1.82, 2.24) is 0 Å². The fourth-order valence-corrected chi connectivity index (χ4v) is 12.4. The quantitative estimate of drug-likeness (QED) is 0.450. The Morgan fingerprint density at radius 1 is 1.07 bits per heavy atom. The van der Waals surface area contributed by atoms with E-state index in [0.717, 1.165) is 17.8 Å². The van der Waals surface area contributed by atoms with E-state index in [2.05, 4.69) is 40.3 Å². The molecule has 0 aromatic rings. The van der Waals surface area contributed by atoms with Gasteiger partial charge in [0.25, 0.3) is 0 Å². The lowest BCUT2D eigenvalue weighted by Gasteiger charge is -2.59. The van der Waals surface area contributed by atoms with E-state index in [-0.39, 0.29) is 0 Å². The highest BCUT2D eigenvalue weighted by Gasteiger charge is 3.10. The Bertz CT molecular complexity index is 813. The molecule has 0 amide bonds. The SMILES string of the molecule is C=CCC1C[C@@H]2C34CCC5(C)[C@@H](C(C)=O)CCC56[C@@H]3C46C[C@]2(CC)CC1(C)CC. The monoisotopic (exact) mass is 394 g/mol. The van der Waals surface area contributed by atoms with Gasteiger partial charge in [0, 0.05) is 5.92 Å². The van der Waals surface area contributed by atoms with Crippen LogP contribution < -0.4 is 0 Å². The Morgan fingerprint density at radius 2 is 1.83 bits per heavy atom. The van der Waals surface area contributed by atoms with Gasteiger partial charge in [-0.15, -0.1) is 6.58 Å². The second-order valence-electron chi connectivity index (χ2n) is 13.1. The zero-order valence-corrected chi connectivity index (χ0v) is 19.6. The summed E-state index contributed by atoms with van der Waals surface area (Å²) in [5, 5.41) is 0. The summed E-state index contributed by atoms with van der Waals surface area (Å²) in [6.45, 7) is 16.1. The van der Waals surface area contributed by atoms with Gasteiger partial charge in [-0.1, -0.05) is 46.6 Å². The van der Waals surface area contributed by atoms with Crippen LogP contribution in [0.4, 0.5) is 0 Å². The first kappa shape index (κ1) is 19.1. The molecule has 1 heteroatoms. The van der Waals surface area contributed by atoms with Crippen molar-refractivity contribution in [1.29, 1.82) is 0 Å². The summed E-state index contributed by atoms with van der Waals surface area (Å²) in [6.07, 6.45) is 15.9.